The summed E-state index contributed by atoms with van der Waals surface area (Å²) in [6, 6.07) is 5.70. The van der Waals surface area contributed by atoms with Gasteiger partial charge in [-0.3, -0.25) is 4.79 Å². The second kappa shape index (κ2) is 6.25. The quantitative estimate of drug-likeness (QED) is 0.890. The molecule has 2 aromatic rings. The number of aromatic nitrogens is 1. The van der Waals surface area contributed by atoms with Gasteiger partial charge in [-0.15, -0.1) is 0 Å². The molecule has 19 heavy (non-hydrogen) atoms. The average Bonchev–Trinajstić information content (AvgIpc) is 2.76. The summed E-state index contributed by atoms with van der Waals surface area (Å²) in [6.45, 7) is 2.08. The number of carbonyl (C=O) groups is 1. The second-order valence-corrected chi connectivity index (χ2v) is 6.24. The van der Waals surface area contributed by atoms with Gasteiger partial charge in [-0.2, -0.15) is 11.8 Å². The van der Waals surface area contributed by atoms with E-state index < -0.39 is 0 Å². The van der Waals surface area contributed by atoms with E-state index in [1.807, 2.05) is 18.4 Å². The van der Waals surface area contributed by atoms with Gasteiger partial charge in [-0.05, 0) is 30.9 Å². The Morgan fingerprint density at radius 3 is 3.05 bits per heavy atom. The van der Waals surface area contributed by atoms with E-state index in [0.717, 1.165) is 22.4 Å². The SMILES string of the molecule is CCC(CSC)NC(=O)c1ccc2nc(N)sc2c1. The molecule has 1 unspecified atom stereocenters. The van der Waals surface area contributed by atoms with Gasteiger partial charge in [0.15, 0.2) is 5.13 Å². The minimum atomic E-state index is -0.0326. The van der Waals surface area contributed by atoms with Gasteiger partial charge < -0.3 is 11.1 Å². The number of nitrogens with two attached hydrogens (primary N) is 1. The minimum absolute atomic E-state index is 0.0326. The lowest BCUT2D eigenvalue weighted by Gasteiger charge is -2.15. The number of nitrogens with one attached hydrogen (secondary N) is 1. The molecule has 1 aromatic carbocycles. The number of carbonyl (C=O) groups excluding carboxylic acids is 1. The maximum Gasteiger partial charge on any atom is 0.251 e. The molecule has 0 aliphatic carbocycles. The Hall–Kier alpha value is -1.27. The lowest BCUT2D eigenvalue weighted by molar-refractivity contribution is 0.0940. The van der Waals surface area contributed by atoms with Crippen molar-refractivity contribution in [1.29, 1.82) is 0 Å². The molecule has 1 amide bonds. The molecule has 6 heteroatoms. The van der Waals surface area contributed by atoms with Crippen LogP contribution in [0.2, 0.25) is 0 Å². The fraction of sp³-hybridized carbons (Fsp3) is 0.385. The Labute approximate surface area is 120 Å². The van der Waals surface area contributed by atoms with Crippen molar-refractivity contribution in [2.24, 2.45) is 0 Å². The molecule has 1 heterocycles. The zero-order valence-electron chi connectivity index (χ0n) is 11.0. The van der Waals surface area contributed by atoms with E-state index in [2.05, 4.69) is 17.2 Å². The van der Waals surface area contributed by atoms with Crippen LogP contribution in [0.15, 0.2) is 18.2 Å². The molecular weight excluding hydrogens is 278 g/mol. The maximum atomic E-state index is 12.2. The topological polar surface area (TPSA) is 68.0 Å². The summed E-state index contributed by atoms with van der Waals surface area (Å²) in [5, 5.41) is 3.58. The number of rotatable bonds is 5. The molecule has 0 aliphatic rings. The Morgan fingerprint density at radius 1 is 1.58 bits per heavy atom. The van der Waals surface area contributed by atoms with E-state index in [4.69, 9.17) is 5.73 Å². The Kier molecular flexibility index (Phi) is 4.66. The van der Waals surface area contributed by atoms with Gasteiger partial charge in [-0.1, -0.05) is 18.3 Å². The van der Waals surface area contributed by atoms with Crippen molar-refractivity contribution < 1.29 is 4.79 Å². The summed E-state index contributed by atoms with van der Waals surface area (Å²) in [5.41, 5.74) is 7.17. The van der Waals surface area contributed by atoms with Crippen LogP contribution in [0.25, 0.3) is 10.2 Å². The first-order chi connectivity index (χ1) is 9.13. The number of nitrogen functional groups attached to an aromatic ring is 1. The predicted molar refractivity (Wildman–Crippen MR) is 84.0 cm³/mol. The summed E-state index contributed by atoms with van der Waals surface area (Å²) >= 11 is 3.14. The molecule has 0 saturated heterocycles. The third-order valence-electron chi connectivity index (χ3n) is 2.86. The summed E-state index contributed by atoms with van der Waals surface area (Å²) in [6.07, 6.45) is 2.98. The molecule has 4 nitrogen and oxygen atoms in total. The van der Waals surface area contributed by atoms with Crippen LogP contribution in [0.4, 0.5) is 5.13 Å². The van der Waals surface area contributed by atoms with E-state index in [1.54, 1.807) is 17.8 Å². The van der Waals surface area contributed by atoms with E-state index in [1.165, 1.54) is 11.3 Å². The van der Waals surface area contributed by atoms with E-state index in [-0.39, 0.29) is 11.9 Å². The monoisotopic (exact) mass is 295 g/mol. The first kappa shape index (κ1) is 14.1. The van der Waals surface area contributed by atoms with Crippen LogP contribution in [-0.2, 0) is 0 Å². The average molecular weight is 295 g/mol. The highest BCUT2D eigenvalue weighted by Gasteiger charge is 2.13. The lowest BCUT2D eigenvalue weighted by Crippen LogP contribution is -2.36. The van der Waals surface area contributed by atoms with Crippen LogP contribution < -0.4 is 11.1 Å². The normalized spacial score (nSPS) is 12.5. The van der Waals surface area contributed by atoms with Crippen molar-refractivity contribution in [3.63, 3.8) is 0 Å². The van der Waals surface area contributed by atoms with Crippen molar-refractivity contribution in [2.45, 2.75) is 19.4 Å². The third-order valence-corrected chi connectivity index (χ3v) is 4.45. The van der Waals surface area contributed by atoms with Gasteiger partial charge in [0.2, 0.25) is 0 Å². The number of benzene rings is 1. The van der Waals surface area contributed by atoms with Gasteiger partial charge >= 0.3 is 0 Å². The smallest absolute Gasteiger partial charge is 0.251 e. The van der Waals surface area contributed by atoms with Crippen LogP contribution in [0.1, 0.15) is 23.7 Å². The number of anilines is 1. The van der Waals surface area contributed by atoms with E-state index >= 15 is 0 Å². The molecule has 1 atom stereocenters. The second-order valence-electron chi connectivity index (χ2n) is 4.27. The Balaban J connectivity index is 2.16. The van der Waals surface area contributed by atoms with Crippen molar-refractivity contribution >= 4 is 44.4 Å². The summed E-state index contributed by atoms with van der Waals surface area (Å²) < 4.78 is 0.947. The molecule has 1 aromatic heterocycles. The highest BCUT2D eigenvalue weighted by molar-refractivity contribution is 7.98. The number of hydrogen-bond donors (Lipinski definition) is 2. The fourth-order valence-electron chi connectivity index (χ4n) is 1.82. The fourth-order valence-corrected chi connectivity index (χ4v) is 3.31. The Morgan fingerprint density at radius 2 is 2.37 bits per heavy atom. The molecule has 0 aliphatic heterocycles. The number of nitrogens with zero attached hydrogens (tertiary/aromatic N) is 1. The van der Waals surface area contributed by atoms with Crippen molar-refractivity contribution in [1.82, 2.24) is 10.3 Å². The van der Waals surface area contributed by atoms with E-state index in [9.17, 15) is 4.79 Å². The lowest BCUT2D eigenvalue weighted by atomic mass is 10.2. The largest absolute Gasteiger partial charge is 0.375 e. The van der Waals surface area contributed by atoms with E-state index in [0.29, 0.717) is 10.7 Å². The predicted octanol–water partition coefficient (Wildman–Crippen LogP) is 2.75. The zero-order chi connectivity index (χ0) is 13.8. The number of amides is 1. The highest BCUT2D eigenvalue weighted by atomic mass is 32.2. The number of thioether (sulfide) groups is 1. The molecular formula is C13H17N3OS2. The first-order valence-electron chi connectivity index (χ1n) is 6.10. The van der Waals surface area contributed by atoms with Gasteiger partial charge in [0.25, 0.3) is 5.91 Å². The molecule has 0 saturated carbocycles. The van der Waals surface area contributed by atoms with Gasteiger partial charge in [0, 0.05) is 17.4 Å². The first-order valence-corrected chi connectivity index (χ1v) is 8.31. The van der Waals surface area contributed by atoms with Crippen molar-refractivity contribution in [2.75, 3.05) is 17.7 Å². The summed E-state index contributed by atoms with van der Waals surface area (Å²) in [7, 11) is 0. The van der Waals surface area contributed by atoms with Gasteiger partial charge in [-0.25, -0.2) is 4.98 Å². The molecule has 0 bridgehead atoms. The highest BCUT2D eigenvalue weighted by Crippen LogP contribution is 2.24. The van der Waals surface area contributed by atoms with Gasteiger partial charge in [0.1, 0.15) is 0 Å². The molecule has 3 N–H and O–H groups in total. The summed E-state index contributed by atoms with van der Waals surface area (Å²) in [5.74, 6) is 0.896. The number of thiazole rings is 1. The summed E-state index contributed by atoms with van der Waals surface area (Å²) in [4.78, 5) is 16.4. The minimum Gasteiger partial charge on any atom is -0.375 e. The van der Waals surface area contributed by atoms with Gasteiger partial charge in [0.05, 0.1) is 10.2 Å². The third kappa shape index (κ3) is 3.39. The van der Waals surface area contributed by atoms with Crippen LogP contribution in [-0.4, -0.2) is 28.9 Å². The number of hydrogen-bond acceptors (Lipinski definition) is 5. The number of fused-ring (bicyclic) bond motifs is 1. The zero-order valence-corrected chi connectivity index (χ0v) is 12.6. The molecule has 0 spiro atoms. The van der Waals surface area contributed by atoms with Crippen LogP contribution in [0.5, 0.6) is 0 Å². The standard InChI is InChI=1S/C13H17N3OS2/c1-3-9(7-18-2)15-12(17)8-4-5-10-11(6-8)19-13(14)16-10/h4-6,9H,3,7H2,1-2H3,(H2,14,16)(H,15,17). The molecule has 0 fully saturated rings. The van der Waals surface area contributed by atoms with Crippen LogP contribution in [0, 0.1) is 0 Å². The van der Waals surface area contributed by atoms with Crippen LogP contribution >= 0.6 is 23.1 Å². The molecule has 0 radical (unpaired) electrons. The van der Waals surface area contributed by atoms with Crippen molar-refractivity contribution in [3.05, 3.63) is 23.8 Å². The molecule has 102 valence electrons. The molecule has 2 rings (SSSR count). The Bertz CT molecular complexity index is 582. The van der Waals surface area contributed by atoms with Crippen molar-refractivity contribution in [3.8, 4) is 0 Å². The maximum absolute atomic E-state index is 12.2. The van der Waals surface area contributed by atoms with Crippen LogP contribution in [0.3, 0.4) is 0 Å².